The average molecular weight is 241 g/mol. The monoisotopic (exact) mass is 241 g/mol. The summed E-state index contributed by atoms with van der Waals surface area (Å²) in [4.78, 5) is 2.28. The summed E-state index contributed by atoms with van der Waals surface area (Å²) in [6, 6.07) is 0.381. The van der Waals surface area contributed by atoms with Gasteiger partial charge in [0.05, 0.1) is 0 Å². The molecular formula is C14H31N3. The standard InChI is InChI=1S/C14H31N3/c1-6-11-8-7-9-12(10-11)13(16-15)14(2,3)17(4)5/h11-13,16H,6-10,15H2,1-5H3. The molecule has 102 valence electrons. The molecule has 0 bridgehead atoms. The summed E-state index contributed by atoms with van der Waals surface area (Å²) in [6.45, 7) is 6.88. The minimum atomic E-state index is 0.106. The van der Waals surface area contributed by atoms with Gasteiger partial charge < -0.3 is 4.90 Å². The van der Waals surface area contributed by atoms with Crippen molar-refractivity contribution < 1.29 is 0 Å². The first-order chi connectivity index (χ1) is 7.93. The van der Waals surface area contributed by atoms with E-state index in [9.17, 15) is 0 Å². The second kappa shape index (κ2) is 6.17. The van der Waals surface area contributed by atoms with Crippen molar-refractivity contribution in [2.24, 2.45) is 17.7 Å². The zero-order valence-corrected chi connectivity index (χ0v) is 12.3. The third-order valence-corrected chi connectivity index (χ3v) is 4.97. The van der Waals surface area contributed by atoms with Crippen molar-refractivity contribution in [3.8, 4) is 0 Å². The van der Waals surface area contributed by atoms with Crippen LogP contribution in [-0.4, -0.2) is 30.6 Å². The van der Waals surface area contributed by atoms with Gasteiger partial charge in [0.2, 0.25) is 0 Å². The Hall–Kier alpha value is -0.120. The summed E-state index contributed by atoms with van der Waals surface area (Å²) in [7, 11) is 4.29. The fraction of sp³-hybridized carbons (Fsp3) is 1.00. The molecule has 0 aromatic rings. The minimum absolute atomic E-state index is 0.106. The van der Waals surface area contributed by atoms with E-state index in [-0.39, 0.29) is 5.54 Å². The summed E-state index contributed by atoms with van der Waals surface area (Å²) in [6.07, 6.45) is 6.75. The molecule has 0 spiro atoms. The first-order valence-electron chi connectivity index (χ1n) is 7.07. The van der Waals surface area contributed by atoms with Gasteiger partial charge in [0.25, 0.3) is 0 Å². The highest BCUT2D eigenvalue weighted by molar-refractivity contribution is 4.96. The molecule has 3 unspecified atom stereocenters. The lowest BCUT2D eigenvalue weighted by atomic mass is 9.72. The molecule has 3 atom stereocenters. The van der Waals surface area contributed by atoms with Crippen molar-refractivity contribution in [3.05, 3.63) is 0 Å². The molecule has 1 aliphatic rings. The number of hydrogen-bond acceptors (Lipinski definition) is 3. The summed E-state index contributed by atoms with van der Waals surface area (Å²) in [5.41, 5.74) is 3.20. The Kier molecular flexibility index (Phi) is 5.42. The van der Waals surface area contributed by atoms with Crippen molar-refractivity contribution in [2.45, 2.75) is 64.5 Å². The predicted molar refractivity (Wildman–Crippen MR) is 74.6 cm³/mol. The summed E-state index contributed by atoms with van der Waals surface area (Å²) < 4.78 is 0. The topological polar surface area (TPSA) is 41.3 Å². The van der Waals surface area contributed by atoms with Gasteiger partial charge >= 0.3 is 0 Å². The third kappa shape index (κ3) is 3.43. The smallest absolute Gasteiger partial charge is 0.0417 e. The molecule has 0 saturated heterocycles. The lowest BCUT2D eigenvalue weighted by molar-refractivity contribution is 0.0753. The van der Waals surface area contributed by atoms with Crippen LogP contribution in [0, 0.1) is 11.8 Å². The van der Waals surface area contributed by atoms with Gasteiger partial charge in [-0.1, -0.05) is 26.2 Å². The maximum absolute atomic E-state index is 5.84. The van der Waals surface area contributed by atoms with E-state index in [0.29, 0.717) is 6.04 Å². The second-order valence-electron chi connectivity index (χ2n) is 6.39. The fourth-order valence-electron chi connectivity index (χ4n) is 3.20. The number of nitrogens with two attached hydrogens (primary N) is 1. The van der Waals surface area contributed by atoms with E-state index < -0.39 is 0 Å². The largest absolute Gasteiger partial charge is 0.303 e. The molecule has 0 radical (unpaired) electrons. The van der Waals surface area contributed by atoms with Gasteiger partial charge in [-0.05, 0) is 52.6 Å². The molecule has 3 N–H and O–H groups in total. The maximum atomic E-state index is 5.84. The molecule has 0 amide bonds. The van der Waals surface area contributed by atoms with Gasteiger partial charge in [-0.3, -0.25) is 11.3 Å². The number of likely N-dealkylation sites (N-methyl/N-ethyl adjacent to an activating group) is 1. The van der Waals surface area contributed by atoms with Crippen LogP contribution in [0.1, 0.15) is 52.9 Å². The molecule has 1 fully saturated rings. The van der Waals surface area contributed by atoms with Gasteiger partial charge in [-0.15, -0.1) is 0 Å². The molecule has 17 heavy (non-hydrogen) atoms. The Morgan fingerprint density at radius 2 is 2.00 bits per heavy atom. The Morgan fingerprint density at radius 1 is 1.35 bits per heavy atom. The van der Waals surface area contributed by atoms with E-state index in [4.69, 9.17) is 5.84 Å². The van der Waals surface area contributed by atoms with Crippen LogP contribution >= 0.6 is 0 Å². The van der Waals surface area contributed by atoms with E-state index in [2.05, 4.69) is 45.2 Å². The van der Waals surface area contributed by atoms with Crippen LogP contribution in [0.15, 0.2) is 0 Å². The number of hydrogen-bond donors (Lipinski definition) is 2. The summed E-state index contributed by atoms with van der Waals surface area (Å²) in [5.74, 6) is 7.46. The number of rotatable bonds is 5. The van der Waals surface area contributed by atoms with Gasteiger partial charge in [0, 0.05) is 11.6 Å². The van der Waals surface area contributed by atoms with Crippen LogP contribution in [-0.2, 0) is 0 Å². The van der Waals surface area contributed by atoms with Crippen molar-refractivity contribution in [3.63, 3.8) is 0 Å². The van der Waals surface area contributed by atoms with Gasteiger partial charge in [0.1, 0.15) is 0 Å². The van der Waals surface area contributed by atoms with E-state index in [1.165, 1.54) is 32.1 Å². The van der Waals surface area contributed by atoms with Crippen LogP contribution in [0.5, 0.6) is 0 Å². The quantitative estimate of drug-likeness (QED) is 0.573. The highest BCUT2D eigenvalue weighted by Crippen LogP contribution is 2.36. The van der Waals surface area contributed by atoms with Gasteiger partial charge in [0.15, 0.2) is 0 Å². The lowest BCUT2D eigenvalue weighted by Crippen LogP contribution is -2.60. The third-order valence-electron chi connectivity index (χ3n) is 4.97. The average Bonchev–Trinajstić information content (AvgIpc) is 2.29. The SMILES string of the molecule is CCC1CCCC(C(NN)C(C)(C)N(C)C)C1. The van der Waals surface area contributed by atoms with E-state index in [1.807, 2.05) is 0 Å². The molecule has 1 rings (SSSR count). The zero-order valence-electron chi connectivity index (χ0n) is 12.3. The number of nitrogens with zero attached hydrogens (tertiary/aromatic N) is 1. The molecule has 0 aromatic heterocycles. The first kappa shape index (κ1) is 14.9. The van der Waals surface area contributed by atoms with Crippen molar-refractivity contribution >= 4 is 0 Å². The van der Waals surface area contributed by atoms with Crippen molar-refractivity contribution in [1.82, 2.24) is 10.3 Å². The molecule has 3 heteroatoms. The van der Waals surface area contributed by atoms with Crippen LogP contribution < -0.4 is 11.3 Å². The molecule has 1 aliphatic carbocycles. The van der Waals surface area contributed by atoms with Crippen LogP contribution in [0.4, 0.5) is 0 Å². The van der Waals surface area contributed by atoms with Crippen LogP contribution in [0.3, 0.4) is 0 Å². The molecule has 0 aliphatic heterocycles. The fourth-order valence-corrected chi connectivity index (χ4v) is 3.20. The van der Waals surface area contributed by atoms with Crippen molar-refractivity contribution in [2.75, 3.05) is 14.1 Å². The Morgan fingerprint density at radius 3 is 2.47 bits per heavy atom. The summed E-state index contributed by atoms with van der Waals surface area (Å²) in [5, 5.41) is 0. The second-order valence-corrected chi connectivity index (χ2v) is 6.39. The first-order valence-corrected chi connectivity index (χ1v) is 7.07. The number of nitrogens with one attached hydrogen (secondary N) is 1. The normalized spacial score (nSPS) is 28.4. The minimum Gasteiger partial charge on any atom is -0.303 e. The molecule has 0 heterocycles. The predicted octanol–water partition coefficient (Wildman–Crippen LogP) is 2.37. The van der Waals surface area contributed by atoms with E-state index in [0.717, 1.165) is 11.8 Å². The Labute approximate surface area is 107 Å². The van der Waals surface area contributed by atoms with E-state index >= 15 is 0 Å². The highest BCUT2D eigenvalue weighted by atomic mass is 15.3. The molecular weight excluding hydrogens is 210 g/mol. The van der Waals surface area contributed by atoms with Gasteiger partial charge in [-0.25, -0.2) is 0 Å². The molecule has 0 aromatic carbocycles. The van der Waals surface area contributed by atoms with Crippen LogP contribution in [0.25, 0.3) is 0 Å². The van der Waals surface area contributed by atoms with Crippen LogP contribution in [0.2, 0.25) is 0 Å². The molecule has 3 nitrogen and oxygen atoms in total. The Bertz CT molecular complexity index is 226. The lowest BCUT2D eigenvalue weighted by Gasteiger charge is -2.46. The zero-order chi connectivity index (χ0) is 13.1. The van der Waals surface area contributed by atoms with Gasteiger partial charge in [-0.2, -0.15) is 0 Å². The molecule has 1 saturated carbocycles. The maximum Gasteiger partial charge on any atom is 0.0417 e. The highest BCUT2D eigenvalue weighted by Gasteiger charge is 2.38. The van der Waals surface area contributed by atoms with Crippen molar-refractivity contribution in [1.29, 1.82) is 0 Å². The summed E-state index contributed by atoms with van der Waals surface area (Å²) >= 11 is 0. The Balaban J connectivity index is 2.73. The van der Waals surface area contributed by atoms with E-state index in [1.54, 1.807) is 0 Å². The number of hydrazine groups is 1.